The number of carbonyl (C=O) groups is 4. The van der Waals surface area contributed by atoms with Crippen LogP contribution in [0.25, 0.3) is 0 Å². The van der Waals surface area contributed by atoms with Gasteiger partial charge in [-0.1, -0.05) is 13.8 Å². The molecule has 0 fully saturated rings. The number of esters is 1. The van der Waals surface area contributed by atoms with E-state index in [0.717, 1.165) is 0 Å². The van der Waals surface area contributed by atoms with Crippen molar-refractivity contribution in [3.05, 3.63) is 0 Å². The van der Waals surface area contributed by atoms with E-state index in [1.165, 1.54) is 0 Å². The number of ether oxygens (including phenoxy) is 1. The van der Waals surface area contributed by atoms with E-state index < -0.39 is 41.4 Å². The minimum absolute atomic E-state index is 0.00937. The summed E-state index contributed by atoms with van der Waals surface area (Å²) < 4.78 is 5.22. The number of carbonyl (C=O) groups excluding carboxylic acids is 4. The highest BCUT2D eigenvalue weighted by Gasteiger charge is 2.27. The molecule has 0 aromatic heterocycles. The third-order valence-corrected chi connectivity index (χ3v) is 3.15. The lowest BCUT2D eigenvalue weighted by molar-refractivity contribution is -0.158. The molecular formula is C16H30N4O5. The highest BCUT2D eigenvalue weighted by molar-refractivity contribution is 5.90. The molecule has 9 nitrogen and oxygen atoms in total. The number of nitrogens with one attached hydrogen (secondary N) is 2. The molecule has 0 aromatic carbocycles. The minimum atomic E-state index is -1.03. The summed E-state index contributed by atoms with van der Waals surface area (Å²) in [4.78, 5) is 46.8. The zero-order chi connectivity index (χ0) is 19.8. The lowest BCUT2D eigenvalue weighted by atomic mass is 10.1. The highest BCUT2D eigenvalue weighted by Crippen LogP contribution is 2.10. The fourth-order valence-corrected chi connectivity index (χ4v) is 1.74. The summed E-state index contributed by atoms with van der Waals surface area (Å²) in [6.45, 7) is 8.29. The van der Waals surface area contributed by atoms with Crippen LogP contribution in [0.5, 0.6) is 0 Å². The van der Waals surface area contributed by atoms with Crippen molar-refractivity contribution in [3.63, 3.8) is 0 Å². The maximum Gasteiger partial charge on any atom is 0.329 e. The summed E-state index contributed by atoms with van der Waals surface area (Å²) in [7, 11) is 0. The number of amides is 3. The summed E-state index contributed by atoms with van der Waals surface area (Å²) in [5.74, 6) is -2.40. The molecule has 0 saturated heterocycles. The molecule has 0 radical (unpaired) electrons. The molecule has 0 rings (SSSR count). The Morgan fingerprint density at radius 2 is 1.68 bits per heavy atom. The number of hydrogen-bond donors (Lipinski definition) is 4. The SMILES string of the molecule is CC(C)C(N)C(=O)NCC(=O)NC(CCC(N)=O)C(=O)OC(C)(C)C. The van der Waals surface area contributed by atoms with Gasteiger partial charge in [-0.25, -0.2) is 4.79 Å². The second-order valence-electron chi connectivity index (χ2n) is 7.15. The molecule has 3 amide bonds. The van der Waals surface area contributed by atoms with Crippen molar-refractivity contribution in [1.29, 1.82) is 0 Å². The molecule has 25 heavy (non-hydrogen) atoms. The fraction of sp³-hybridized carbons (Fsp3) is 0.750. The van der Waals surface area contributed by atoms with Crippen molar-refractivity contribution in [3.8, 4) is 0 Å². The van der Waals surface area contributed by atoms with Gasteiger partial charge in [0, 0.05) is 6.42 Å². The maximum atomic E-state index is 12.1. The van der Waals surface area contributed by atoms with E-state index >= 15 is 0 Å². The van der Waals surface area contributed by atoms with E-state index in [1.54, 1.807) is 34.6 Å². The van der Waals surface area contributed by atoms with Crippen LogP contribution in [0.1, 0.15) is 47.5 Å². The average Bonchev–Trinajstić information content (AvgIpc) is 2.45. The van der Waals surface area contributed by atoms with Crippen molar-refractivity contribution in [1.82, 2.24) is 10.6 Å². The van der Waals surface area contributed by atoms with E-state index in [0.29, 0.717) is 0 Å². The van der Waals surface area contributed by atoms with E-state index in [2.05, 4.69) is 10.6 Å². The Morgan fingerprint density at radius 1 is 1.12 bits per heavy atom. The molecule has 0 aliphatic rings. The third-order valence-electron chi connectivity index (χ3n) is 3.15. The average molecular weight is 358 g/mol. The van der Waals surface area contributed by atoms with Crippen LogP contribution in [0, 0.1) is 5.92 Å². The summed E-state index contributed by atoms with van der Waals surface area (Å²) in [5.41, 5.74) is 10.0. The molecule has 0 spiro atoms. The Morgan fingerprint density at radius 3 is 2.12 bits per heavy atom. The highest BCUT2D eigenvalue weighted by atomic mass is 16.6. The zero-order valence-electron chi connectivity index (χ0n) is 15.5. The maximum absolute atomic E-state index is 12.1. The summed E-state index contributed by atoms with van der Waals surface area (Å²) in [5, 5.41) is 4.84. The van der Waals surface area contributed by atoms with Crippen molar-refractivity contribution in [2.75, 3.05) is 6.54 Å². The molecule has 0 bridgehead atoms. The molecule has 0 aliphatic heterocycles. The van der Waals surface area contributed by atoms with Gasteiger partial charge in [-0.2, -0.15) is 0 Å². The standard InChI is InChI=1S/C16H30N4O5/c1-9(2)13(18)14(23)19-8-12(22)20-10(6-7-11(17)21)15(24)25-16(3,4)5/h9-10,13H,6-8,18H2,1-5H3,(H2,17,21)(H,19,23)(H,20,22). The normalized spacial score (nSPS) is 13.7. The van der Waals surface area contributed by atoms with Crippen LogP contribution in [0.2, 0.25) is 0 Å². The largest absolute Gasteiger partial charge is 0.458 e. The molecule has 0 aliphatic carbocycles. The van der Waals surface area contributed by atoms with Crippen LogP contribution in [-0.4, -0.2) is 47.9 Å². The molecule has 0 heterocycles. The first-order valence-corrected chi connectivity index (χ1v) is 8.17. The quantitative estimate of drug-likeness (QED) is 0.395. The van der Waals surface area contributed by atoms with Crippen molar-refractivity contribution >= 4 is 23.7 Å². The lowest BCUT2D eigenvalue weighted by Crippen LogP contribution is -2.50. The van der Waals surface area contributed by atoms with E-state index in [4.69, 9.17) is 16.2 Å². The van der Waals surface area contributed by atoms with Gasteiger partial charge in [0.25, 0.3) is 0 Å². The van der Waals surface area contributed by atoms with Gasteiger partial charge < -0.3 is 26.8 Å². The molecule has 0 saturated carbocycles. The molecule has 144 valence electrons. The van der Waals surface area contributed by atoms with Crippen LogP contribution < -0.4 is 22.1 Å². The molecule has 6 N–H and O–H groups in total. The van der Waals surface area contributed by atoms with Gasteiger partial charge in [0.15, 0.2) is 0 Å². The second kappa shape index (κ2) is 9.97. The van der Waals surface area contributed by atoms with E-state index in [1.807, 2.05) is 0 Å². The molecular weight excluding hydrogens is 328 g/mol. The van der Waals surface area contributed by atoms with Crippen molar-refractivity contribution < 1.29 is 23.9 Å². The van der Waals surface area contributed by atoms with Crippen molar-refractivity contribution in [2.45, 2.75) is 65.1 Å². The monoisotopic (exact) mass is 358 g/mol. The topological polar surface area (TPSA) is 154 Å². The van der Waals surface area contributed by atoms with Gasteiger partial charge in [-0.3, -0.25) is 14.4 Å². The third kappa shape index (κ3) is 10.3. The van der Waals surface area contributed by atoms with Crippen LogP contribution in [0.4, 0.5) is 0 Å². The second-order valence-corrected chi connectivity index (χ2v) is 7.15. The van der Waals surface area contributed by atoms with Crippen LogP contribution in [-0.2, 0) is 23.9 Å². The van der Waals surface area contributed by atoms with Gasteiger partial charge in [0.2, 0.25) is 17.7 Å². The smallest absolute Gasteiger partial charge is 0.329 e. The predicted molar refractivity (Wildman–Crippen MR) is 92.0 cm³/mol. The first-order valence-electron chi connectivity index (χ1n) is 8.17. The van der Waals surface area contributed by atoms with Gasteiger partial charge in [-0.15, -0.1) is 0 Å². The van der Waals surface area contributed by atoms with E-state index in [-0.39, 0.29) is 25.3 Å². The minimum Gasteiger partial charge on any atom is -0.458 e. The van der Waals surface area contributed by atoms with Crippen LogP contribution in [0.3, 0.4) is 0 Å². The van der Waals surface area contributed by atoms with Crippen molar-refractivity contribution in [2.24, 2.45) is 17.4 Å². The number of hydrogen-bond acceptors (Lipinski definition) is 6. The zero-order valence-corrected chi connectivity index (χ0v) is 15.5. The van der Waals surface area contributed by atoms with Crippen LogP contribution in [0.15, 0.2) is 0 Å². The predicted octanol–water partition coefficient (Wildman–Crippen LogP) is -0.822. The number of primary amides is 1. The van der Waals surface area contributed by atoms with Gasteiger partial charge >= 0.3 is 5.97 Å². The van der Waals surface area contributed by atoms with Crippen LogP contribution >= 0.6 is 0 Å². The first-order chi connectivity index (χ1) is 11.3. The molecule has 2 atom stereocenters. The number of rotatable bonds is 9. The number of nitrogens with two attached hydrogens (primary N) is 2. The Kier molecular flexibility index (Phi) is 9.11. The lowest BCUT2D eigenvalue weighted by Gasteiger charge is -2.24. The van der Waals surface area contributed by atoms with Gasteiger partial charge in [0.1, 0.15) is 11.6 Å². The Bertz CT molecular complexity index is 499. The summed E-state index contributed by atoms with van der Waals surface area (Å²) in [6.07, 6.45) is -0.0792. The first kappa shape index (κ1) is 22.8. The summed E-state index contributed by atoms with van der Waals surface area (Å²) >= 11 is 0. The fourth-order valence-electron chi connectivity index (χ4n) is 1.74. The Hall–Kier alpha value is -2.16. The van der Waals surface area contributed by atoms with Gasteiger partial charge in [-0.05, 0) is 33.1 Å². The Labute approximate surface area is 148 Å². The summed E-state index contributed by atoms with van der Waals surface area (Å²) in [6, 6.07) is -1.76. The molecule has 0 aromatic rings. The van der Waals surface area contributed by atoms with E-state index in [9.17, 15) is 19.2 Å². The van der Waals surface area contributed by atoms with Gasteiger partial charge in [0.05, 0.1) is 12.6 Å². The molecule has 2 unspecified atom stereocenters. The molecule has 9 heteroatoms. The Balaban J connectivity index is 4.72.